The highest BCUT2D eigenvalue weighted by Gasteiger charge is 2.23. The molecule has 2 aromatic carbocycles. The molecule has 2 N–H and O–H groups in total. The van der Waals surface area contributed by atoms with Crippen molar-refractivity contribution in [2.45, 2.75) is 58.7 Å². The first-order chi connectivity index (χ1) is 17.1. The number of hydrogen-bond donors (Lipinski definition) is 2. The number of benzene rings is 2. The first kappa shape index (κ1) is 25.1. The molecule has 3 aromatic rings. The highest BCUT2D eigenvalue weighted by atomic mass is 15.2. The normalized spacial score (nSPS) is 15.6. The number of likely N-dealkylation sites (N-methyl/N-ethyl adjacent to an activating group) is 1. The van der Waals surface area contributed by atoms with Gasteiger partial charge in [-0.3, -0.25) is 0 Å². The van der Waals surface area contributed by atoms with Crippen molar-refractivity contribution in [1.82, 2.24) is 10.3 Å². The van der Waals surface area contributed by atoms with E-state index in [1.54, 1.807) is 0 Å². The predicted molar refractivity (Wildman–Crippen MR) is 150 cm³/mol. The number of aromatic nitrogens is 1. The van der Waals surface area contributed by atoms with Gasteiger partial charge in [0.2, 0.25) is 0 Å². The fourth-order valence-electron chi connectivity index (χ4n) is 4.98. The summed E-state index contributed by atoms with van der Waals surface area (Å²) in [6, 6.07) is 20.7. The maximum Gasteiger partial charge on any atom is 0.154 e. The number of anilines is 3. The summed E-state index contributed by atoms with van der Waals surface area (Å²) in [5.41, 5.74) is 7.64. The molecule has 0 amide bonds. The number of pyridine rings is 1. The van der Waals surface area contributed by atoms with Crippen LogP contribution in [0.25, 0.3) is 0 Å². The Morgan fingerprint density at radius 3 is 1.94 bits per heavy atom. The van der Waals surface area contributed by atoms with Gasteiger partial charge in [-0.05, 0) is 60.5 Å². The SMILES string of the molecule is CCc1ccc(CN(Cc2ccc(CC)cc2)c2nccc(N(C)C3CCCNC3)c2NC)cc1. The number of rotatable bonds is 10. The molecule has 4 rings (SSSR count). The zero-order valence-corrected chi connectivity index (χ0v) is 21.8. The summed E-state index contributed by atoms with van der Waals surface area (Å²) >= 11 is 0. The van der Waals surface area contributed by atoms with E-state index >= 15 is 0 Å². The second kappa shape index (κ2) is 12.1. The van der Waals surface area contributed by atoms with E-state index in [0.717, 1.165) is 50.5 Å². The summed E-state index contributed by atoms with van der Waals surface area (Å²) in [6.45, 7) is 8.15. The summed E-state index contributed by atoms with van der Waals surface area (Å²) in [4.78, 5) is 9.75. The fraction of sp³-hybridized carbons (Fsp3) is 0.433. The Kier molecular flexibility index (Phi) is 8.64. The fourth-order valence-corrected chi connectivity index (χ4v) is 4.98. The molecule has 5 nitrogen and oxygen atoms in total. The van der Waals surface area contributed by atoms with Crippen molar-refractivity contribution >= 4 is 17.2 Å². The molecular weight excluding hydrogens is 430 g/mol. The van der Waals surface area contributed by atoms with Gasteiger partial charge in [0, 0.05) is 46.0 Å². The lowest BCUT2D eigenvalue weighted by Gasteiger charge is -2.36. The van der Waals surface area contributed by atoms with Crippen LogP contribution in [0.4, 0.5) is 17.2 Å². The van der Waals surface area contributed by atoms with E-state index in [1.807, 2.05) is 13.2 Å². The van der Waals surface area contributed by atoms with Crippen molar-refractivity contribution in [3.63, 3.8) is 0 Å². The van der Waals surface area contributed by atoms with Gasteiger partial charge in [-0.2, -0.15) is 0 Å². The molecule has 0 bridgehead atoms. The highest BCUT2D eigenvalue weighted by Crippen LogP contribution is 2.36. The molecule has 0 saturated carbocycles. The van der Waals surface area contributed by atoms with E-state index in [2.05, 4.69) is 95.9 Å². The van der Waals surface area contributed by atoms with Crippen LogP contribution in [0.2, 0.25) is 0 Å². The van der Waals surface area contributed by atoms with Crippen LogP contribution in [0.5, 0.6) is 0 Å². The Hall–Kier alpha value is -3.05. The predicted octanol–water partition coefficient (Wildman–Crippen LogP) is 5.64. The van der Waals surface area contributed by atoms with Crippen LogP contribution < -0.4 is 20.4 Å². The maximum absolute atomic E-state index is 4.92. The molecule has 2 heterocycles. The van der Waals surface area contributed by atoms with Crippen LogP contribution in [0.1, 0.15) is 48.9 Å². The lowest BCUT2D eigenvalue weighted by atomic mass is 10.1. The minimum atomic E-state index is 0.489. The second-order valence-corrected chi connectivity index (χ2v) is 9.59. The zero-order valence-electron chi connectivity index (χ0n) is 21.8. The van der Waals surface area contributed by atoms with Crippen molar-refractivity contribution in [3.05, 3.63) is 83.0 Å². The molecule has 1 aliphatic rings. The number of piperidine rings is 1. The maximum atomic E-state index is 4.92. The lowest BCUT2D eigenvalue weighted by Crippen LogP contribution is -2.44. The summed E-state index contributed by atoms with van der Waals surface area (Å²) < 4.78 is 0. The third-order valence-electron chi connectivity index (χ3n) is 7.27. The average Bonchev–Trinajstić information content (AvgIpc) is 2.93. The van der Waals surface area contributed by atoms with Crippen molar-refractivity contribution in [2.24, 2.45) is 0 Å². The molecule has 0 aliphatic carbocycles. The summed E-state index contributed by atoms with van der Waals surface area (Å²) in [5, 5.41) is 7.06. The van der Waals surface area contributed by atoms with E-state index in [1.165, 1.54) is 40.8 Å². The summed E-state index contributed by atoms with van der Waals surface area (Å²) in [7, 11) is 4.23. The molecule has 1 saturated heterocycles. The minimum Gasteiger partial charge on any atom is -0.383 e. The van der Waals surface area contributed by atoms with Crippen LogP contribution in [-0.2, 0) is 25.9 Å². The van der Waals surface area contributed by atoms with Crippen molar-refractivity contribution in [2.75, 3.05) is 42.3 Å². The molecule has 35 heavy (non-hydrogen) atoms. The van der Waals surface area contributed by atoms with E-state index in [4.69, 9.17) is 4.98 Å². The zero-order chi connectivity index (χ0) is 24.6. The molecule has 0 radical (unpaired) electrons. The van der Waals surface area contributed by atoms with Gasteiger partial charge in [0.15, 0.2) is 5.82 Å². The third kappa shape index (κ3) is 6.15. The standard InChI is InChI=1S/C30H41N5/c1-5-23-9-13-25(14-10-23)21-35(22-26-15-11-24(6-2)12-16-26)30-29(31-3)28(17-19-33-30)34(4)27-8-7-18-32-20-27/h9-17,19,27,31-32H,5-8,18,20-22H2,1-4H3. The molecule has 1 aromatic heterocycles. The van der Waals surface area contributed by atoms with Crippen LogP contribution in [0.3, 0.4) is 0 Å². The van der Waals surface area contributed by atoms with Gasteiger partial charge in [-0.15, -0.1) is 0 Å². The number of nitrogens with one attached hydrogen (secondary N) is 2. The second-order valence-electron chi connectivity index (χ2n) is 9.59. The topological polar surface area (TPSA) is 43.4 Å². The Balaban J connectivity index is 1.68. The van der Waals surface area contributed by atoms with E-state index in [0.29, 0.717) is 6.04 Å². The van der Waals surface area contributed by atoms with Gasteiger partial charge in [0.1, 0.15) is 5.69 Å². The van der Waals surface area contributed by atoms with E-state index < -0.39 is 0 Å². The molecule has 1 atom stereocenters. The van der Waals surface area contributed by atoms with E-state index in [-0.39, 0.29) is 0 Å². The van der Waals surface area contributed by atoms with Gasteiger partial charge >= 0.3 is 0 Å². The van der Waals surface area contributed by atoms with Crippen molar-refractivity contribution in [3.8, 4) is 0 Å². The largest absolute Gasteiger partial charge is 0.383 e. The first-order valence-electron chi connectivity index (χ1n) is 13.1. The Labute approximate surface area is 211 Å². The third-order valence-corrected chi connectivity index (χ3v) is 7.27. The van der Waals surface area contributed by atoms with Crippen LogP contribution in [-0.4, -0.2) is 38.2 Å². The Morgan fingerprint density at radius 2 is 1.46 bits per heavy atom. The van der Waals surface area contributed by atoms with Crippen LogP contribution >= 0.6 is 0 Å². The number of aryl methyl sites for hydroxylation is 2. The molecule has 1 fully saturated rings. The van der Waals surface area contributed by atoms with E-state index in [9.17, 15) is 0 Å². The van der Waals surface area contributed by atoms with Crippen molar-refractivity contribution < 1.29 is 0 Å². The van der Waals surface area contributed by atoms with Gasteiger partial charge in [0.05, 0.1) is 5.69 Å². The molecule has 5 heteroatoms. The molecule has 186 valence electrons. The molecular formula is C30H41N5. The lowest BCUT2D eigenvalue weighted by molar-refractivity contribution is 0.445. The Morgan fingerprint density at radius 1 is 0.886 bits per heavy atom. The van der Waals surface area contributed by atoms with Crippen molar-refractivity contribution in [1.29, 1.82) is 0 Å². The van der Waals surface area contributed by atoms with Gasteiger partial charge in [0.25, 0.3) is 0 Å². The van der Waals surface area contributed by atoms with Gasteiger partial charge in [-0.25, -0.2) is 4.98 Å². The average molecular weight is 472 g/mol. The summed E-state index contributed by atoms with van der Waals surface area (Å²) in [6.07, 6.45) is 6.51. The van der Waals surface area contributed by atoms with Crippen LogP contribution in [0, 0.1) is 0 Å². The molecule has 1 aliphatic heterocycles. The minimum absolute atomic E-state index is 0.489. The monoisotopic (exact) mass is 471 g/mol. The van der Waals surface area contributed by atoms with Crippen LogP contribution in [0.15, 0.2) is 60.8 Å². The quantitative estimate of drug-likeness (QED) is 0.400. The first-order valence-corrected chi connectivity index (χ1v) is 13.1. The smallest absolute Gasteiger partial charge is 0.154 e. The van der Waals surface area contributed by atoms with Gasteiger partial charge in [-0.1, -0.05) is 62.4 Å². The number of nitrogens with zero attached hydrogens (tertiary/aromatic N) is 3. The highest BCUT2D eigenvalue weighted by molar-refractivity contribution is 5.81. The summed E-state index contributed by atoms with van der Waals surface area (Å²) in [5.74, 6) is 1.000. The number of hydrogen-bond acceptors (Lipinski definition) is 5. The molecule has 1 unspecified atom stereocenters. The van der Waals surface area contributed by atoms with Gasteiger partial charge < -0.3 is 20.4 Å². The Bertz CT molecular complexity index is 1010. The molecule has 0 spiro atoms.